The number of nitrogens with zero attached hydrogens (tertiary/aromatic N) is 6. The Labute approximate surface area is 163 Å². The molecule has 0 spiro atoms. The zero-order chi connectivity index (χ0) is 19.5. The molecule has 4 atom stereocenters. The van der Waals surface area contributed by atoms with Gasteiger partial charge in [-0.25, -0.2) is 15.0 Å². The van der Waals surface area contributed by atoms with Gasteiger partial charge in [-0.3, -0.25) is 4.79 Å². The van der Waals surface area contributed by atoms with Crippen molar-refractivity contribution in [1.82, 2.24) is 24.4 Å². The molecule has 3 saturated heterocycles. The molecule has 1 N–H and O–H groups in total. The Morgan fingerprint density at radius 3 is 3.00 bits per heavy atom. The summed E-state index contributed by atoms with van der Waals surface area (Å²) in [6.45, 7) is 4.41. The van der Waals surface area contributed by atoms with Crippen LogP contribution in [0, 0.1) is 5.92 Å². The Balaban J connectivity index is 1.50. The van der Waals surface area contributed by atoms with Crippen LogP contribution in [-0.2, 0) is 16.1 Å². The quantitative estimate of drug-likeness (QED) is 0.817. The average molecular weight is 386 g/mol. The van der Waals surface area contributed by atoms with Crippen LogP contribution in [-0.4, -0.2) is 79.9 Å². The number of imidazole rings is 1. The van der Waals surface area contributed by atoms with Crippen molar-refractivity contribution < 1.29 is 14.6 Å². The SMILES string of the molecule is CC1OCCC1(O)Cn1cnc2c(N3CCC[C@H]4C(=O)N(C)C[C@H]43)ncnc21. The first-order chi connectivity index (χ1) is 13.5. The number of amides is 1. The number of ether oxygens (including phenoxy) is 1. The number of likely N-dealkylation sites (tertiary alicyclic amines) is 1. The standard InChI is InChI=1S/C19H26N6O3/c1-12-19(27,5-7-28-12)9-24-11-22-15-16(24)20-10-21-17(15)25-6-3-4-13-14(25)8-23(2)18(13)26/h10-14,27H,3-9H2,1-2H3/t12?,13-,14-,19?/m1/s1. The monoisotopic (exact) mass is 386 g/mol. The van der Waals surface area contributed by atoms with Crippen molar-refractivity contribution in [2.24, 2.45) is 5.92 Å². The first-order valence-electron chi connectivity index (χ1n) is 9.99. The summed E-state index contributed by atoms with van der Waals surface area (Å²) in [6.07, 6.45) is 5.53. The zero-order valence-corrected chi connectivity index (χ0v) is 16.3. The van der Waals surface area contributed by atoms with Crippen molar-refractivity contribution >= 4 is 22.9 Å². The molecule has 0 aromatic carbocycles. The van der Waals surface area contributed by atoms with E-state index in [4.69, 9.17) is 4.74 Å². The number of aromatic nitrogens is 4. The fourth-order valence-corrected chi connectivity index (χ4v) is 4.96. The van der Waals surface area contributed by atoms with Gasteiger partial charge in [-0.1, -0.05) is 0 Å². The predicted octanol–water partition coefficient (Wildman–Crippen LogP) is 0.423. The number of anilines is 1. The van der Waals surface area contributed by atoms with E-state index in [2.05, 4.69) is 19.9 Å². The summed E-state index contributed by atoms with van der Waals surface area (Å²) in [7, 11) is 1.87. The van der Waals surface area contributed by atoms with E-state index < -0.39 is 5.60 Å². The van der Waals surface area contributed by atoms with E-state index in [-0.39, 0.29) is 24.0 Å². The lowest BCUT2D eigenvalue weighted by Gasteiger charge is -2.36. The molecule has 0 radical (unpaired) electrons. The van der Waals surface area contributed by atoms with Crippen molar-refractivity contribution in [3.8, 4) is 0 Å². The van der Waals surface area contributed by atoms with E-state index in [9.17, 15) is 9.90 Å². The molecule has 2 aromatic rings. The number of aliphatic hydroxyl groups is 1. The molecule has 2 aromatic heterocycles. The van der Waals surface area contributed by atoms with Crippen molar-refractivity contribution in [3.63, 3.8) is 0 Å². The van der Waals surface area contributed by atoms with Gasteiger partial charge in [0.15, 0.2) is 17.0 Å². The van der Waals surface area contributed by atoms with Gasteiger partial charge in [0.1, 0.15) is 11.9 Å². The van der Waals surface area contributed by atoms with E-state index in [1.54, 1.807) is 12.7 Å². The maximum Gasteiger partial charge on any atom is 0.227 e. The molecular weight excluding hydrogens is 360 g/mol. The lowest BCUT2D eigenvalue weighted by molar-refractivity contribution is -0.130. The molecule has 0 bridgehead atoms. The van der Waals surface area contributed by atoms with Crippen LogP contribution in [0.1, 0.15) is 26.2 Å². The maximum absolute atomic E-state index is 12.5. The molecule has 9 nitrogen and oxygen atoms in total. The van der Waals surface area contributed by atoms with Crippen LogP contribution in [0.5, 0.6) is 0 Å². The largest absolute Gasteiger partial charge is 0.385 e. The fraction of sp³-hybridized carbons (Fsp3) is 0.684. The highest BCUT2D eigenvalue weighted by molar-refractivity contribution is 5.86. The van der Waals surface area contributed by atoms with E-state index >= 15 is 0 Å². The van der Waals surface area contributed by atoms with Crippen molar-refractivity contribution in [1.29, 1.82) is 0 Å². The molecule has 0 aliphatic carbocycles. The first-order valence-corrected chi connectivity index (χ1v) is 9.99. The lowest BCUT2D eigenvalue weighted by atomic mass is 9.91. The van der Waals surface area contributed by atoms with Gasteiger partial charge in [0.25, 0.3) is 0 Å². The van der Waals surface area contributed by atoms with E-state index in [1.165, 1.54) is 0 Å². The van der Waals surface area contributed by atoms with Gasteiger partial charge >= 0.3 is 0 Å². The van der Waals surface area contributed by atoms with Gasteiger partial charge in [0.2, 0.25) is 5.91 Å². The second kappa shape index (κ2) is 6.38. The Morgan fingerprint density at radius 2 is 2.21 bits per heavy atom. The minimum Gasteiger partial charge on any atom is -0.385 e. The van der Waals surface area contributed by atoms with Crippen LogP contribution in [0.25, 0.3) is 11.2 Å². The van der Waals surface area contributed by atoms with Crippen LogP contribution in [0.4, 0.5) is 5.82 Å². The van der Waals surface area contributed by atoms with Gasteiger partial charge in [0.05, 0.1) is 30.9 Å². The maximum atomic E-state index is 12.5. The van der Waals surface area contributed by atoms with Gasteiger partial charge in [-0.15, -0.1) is 0 Å². The summed E-state index contributed by atoms with van der Waals surface area (Å²) in [4.78, 5) is 30.1. The number of likely N-dealkylation sites (N-methyl/N-ethyl adjacent to an activating group) is 1. The first kappa shape index (κ1) is 17.8. The molecule has 3 fully saturated rings. The molecule has 9 heteroatoms. The summed E-state index contributed by atoms with van der Waals surface area (Å²) >= 11 is 0. The average Bonchev–Trinajstić information content (AvgIpc) is 3.33. The van der Waals surface area contributed by atoms with Crippen LogP contribution >= 0.6 is 0 Å². The second-order valence-electron chi connectivity index (χ2n) is 8.34. The van der Waals surface area contributed by atoms with Gasteiger partial charge in [-0.2, -0.15) is 0 Å². The minimum absolute atomic E-state index is 0.0306. The van der Waals surface area contributed by atoms with Gasteiger partial charge in [-0.05, 0) is 19.8 Å². The highest BCUT2D eigenvalue weighted by Gasteiger charge is 2.45. The number of carbonyl (C=O) groups excluding carboxylic acids is 1. The predicted molar refractivity (Wildman–Crippen MR) is 102 cm³/mol. The molecule has 150 valence electrons. The highest BCUT2D eigenvalue weighted by atomic mass is 16.5. The fourth-order valence-electron chi connectivity index (χ4n) is 4.96. The molecular formula is C19H26N6O3. The highest BCUT2D eigenvalue weighted by Crippen LogP contribution is 2.36. The van der Waals surface area contributed by atoms with E-state index in [0.717, 1.165) is 30.7 Å². The molecule has 28 heavy (non-hydrogen) atoms. The number of rotatable bonds is 3. The summed E-state index contributed by atoms with van der Waals surface area (Å²) in [5.41, 5.74) is 0.507. The molecule has 0 saturated carbocycles. The van der Waals surface area contributed by atoms with E-state index in [1.807, 2.05) is 23.4 Å². The topological polar surface area (TPSA) is 96.6 Å². The number of carbonyl (C=O) groups is 1. The summed E-state index contributed by atoms with van der Waals surface area (Å²) in [6, 6.07) is 0.127. The smallest absolute Gasteiger partial charge is 0.227 e. The minimum atomic E-state index is -0.921. The molecule has 1 amide bonds. The summed E-state index contributed by atoms with van der Waals surface area (Å²) < 4.78 is 7.44. The van der Waals surface area contributed by atoms with Crippen molar-refractivity contribution in [3.05, 3.63) is 12.7 Å². The zero-order valence-electron chi connectivity index (χ0n) is 16.3. The van der Waals surface area contributed by atoms with Crippen LogP contribution in [0.3, 0.4) is 0 Å². The lowest BCUT2D eigenvalue weighted by Crippen LogP contribution is -2.46. The third kappa shape index (κ3) is 2.60. The number of hydrogen-bond acceptors (Lipinski definition) is 7. The van der Waals surface area contributed by atoms with Crippen molar-refractivity contribution in [2.75, 3.05) is 31.6 Å². The number of hydrogen-bond donors (Lipinski definition) is 1. The normalized spacial score (nSPS) is 33.1. The second-order valence-corrected chi connectivity index (χ2v) is 8.34. The third-order valence-corrected chi connectivity index (χ3v) is 6.69. The summed E-state index contributed by atoms with van der Waals surface area (Å²) in [5, 5.41) is 10.9. The number of piperidine rings is 1. The van der Waals surface area contributed by atoms with Crippen LogP contribution in [0.15, 0.2) is 12.7 Å². The number of fused-ring (bicyclic) bond motifs is 2. The van der Waals surface area contributed by atoms with Gasteiger partial charge in [0, 0.05) is 33.2 Å². The van der Waals surface area contributed by atoms with Crippen LogP contribution in [0.2, 0.25) is 0 Å². The Kier molecular flexibility index (Phi) is 4.06. The summed E-state index contributed by atoms with van der Waals surface area (Å²) in [5.74, 6) is 1.04. The molecule has 5 rings (SSSR count). The molecule has 5 heterocycles. The Bertz CT molecular complexity index is 916. The Morgan fingerprint density at radius 1 is 1.36 bits per heavy atom. The van der Waals surface area contributed by atoms with Crippen molar-refractivity contribution in [2.45, 2.75) is 50.5 Å². The van der Waals surface area contributed by atoms with Gasteiger partial charge < -0.3 is 24.2 Å². The third-order valence-electron chi connectivity index (χ3n) is 6.69. The molecule has 3 aliphatic rings. The molecule has 2 unspecified atom stereocenters. The molecule has 3 aliphatic heterocycles. The van der Waals surface area contributed by atoms with Crippen LogP contribution < -0.4 is 4.90 Å². The van der Waals surface area contributed by atoms with E-state index in [0.29, 0.717) is 31.8 Å². The Hall–Kier alpha value is -2.26.